The van der Waals surface area contributed by atoms with Crippen molar-refractivity contribution in [1.82, 2.24) is 0 Å². The van der Waals surface area contributed by atoms with Crippen LogP contribution in [0.1, 0.15) is 37.5 Å². The van der Waals surface area contributed by atoms with E-state index in [1.165, 1.54) is 36.4 Å². The number of aliphatic carboxylic acids is 1. The Morgan fingerprint density at radius 1 is 0.676 bits per heavy atom. The molecule has 0 saturated carbocycles. The molecule has 0 atom stereocenters. The van der Waals surface area contributed by atoms with Crippen molar-refractivity contribution >= 4 is 5.97 Å². The first kappa shape index (κ1) is 27.0. The summed E-state index contributed by atoms with van der Waals surface area (Å²) in [5, 5.41) is 9.09. The summed E-state index contributed by atoms with van der Waals surface area (Å²) >= 11 is 0. The van der Waals surface area contributed by atoms with Gasteiger partial charge in [0, 0.05) is 0 Å². The van der Waals surface area contributed by atoms with Crippen LogP contribution in [0.25, 0.3) is 22.3 Å². The molecule has 0 bridgehead atoms. The van der Waals surface area contributed by atoms with E-state index in [9.17, 15) is 31.1 Å². The van der Waals surface area contributed by atoms with E-state index >= 15 is 0 Å². The van der Waals surface area contributed by atoms with E-state index in [1.54, 1.807) is 6.07 Å². The molecule has 0 unspecified atom stereocenters. The molecule has 0 fully saturated rings. The minimum atomic E-state index is -4.49. The van der Waals surface area contributed by atoms with Gasteiger partial charge in [-0.25, -0.2) is 0 Å². The molecule has 0 aliphatic rings. The summed E-state index contributed by atoms with van der Waals surface area (Å²) in [4.78, 5) is 11.1. The quantitative estimate of drug-likeness (QED) is 0.380. The lowest BCUT2D eigenvalue weighted by Gasteiger charge is -2.12. The molecule has 3 aromatic carbocycles. The predicted molar refractivity (Wildman–Crippen MR) is 119 cm³/mol. The van der Waals surface area contributed by atoms with Crippen LogP contribution in [-0.4, -0.2) is 11.1 Å². The average Bonchev–Trinajstić information content (AvgIpc) is 2.71. The molecule has 0 aliphatic carbocycles. The number of carboxylic acid groups (broad SMARTS) is 1. The summed E-state index contributed by atoms with van der Waals surface area (Å²) in [6.45, 7) is 6.50. The van der Waals surface area contributed by atoms with E-state index in [1.807, 2.05) is 0 Å². The Morgan fingerprint density at radius 3 is 1.26 bits per heavy atom. The SMILES string of the molecule is CC(C)C.O=C(O)Cc1cc(-c2ccc(C(F)(F)F)cc2)cc(-c2ccc(C(F)(F)F)cc2)c1. The molecule has 0 aromatic heterocycles. The monoisotopic (exact) mass is 482 g/mol. The Morgan fingerprint density at radius 2 is 1.00 bits per heavy atom. The second-order valence-electron chi connectivity index (χ2n) is 8.37. The first-order chi connectivity index (χ1) is 15.7. The zero-order valence-electron chi connectivity index (χ0n) is 18.8. The molecular formula is C26H24F6O2. The van der Waals surface area contributed by atoms with Gasteiger partial charge in [-0.1, -0.05) is 57.2 Å². The van der Waals surface area contributed by atoms with Crippen LogP contribution in [-0.2, 0) is 23.6 Å². The summed E-state index contributed by atoms with van der Waals surface area (Å²) in [6.07, 6.45) is -9.33. The van der Waals surface area contributed by atoms with E-state index in [0.29, 0.717) is 27.8 Å². The predicted octanol–water partition coefficient (Wildman–Crippen LogP) is 8.35. The summed E-state index contributed by atoms with van der Waals surface area (Å²) in [6, 6.07) is 13.4. The summed E-state index contributed by atoms with van der Waals surface area (Å²) < 4.78 is 76.7. The highest BCUT2D eigenvalue weighted by molar-refractivity contribution is 5.77. The van der Waals surface area contributed by atoms with Gasteiger partial charge in [-0.05, 0) is 64.1 Å². The molecule has 3 aromatic rings. The van der Waals surface area contributed by atoms with Crippen molar-refractivity contribution < 1.29 is 36.2 Å². The van der Waals surface area contributed by atoms with Crippen molar-refractivity contribution in [2.24, 2.45) is 5.92 Å². The van der Waals surface area contributed by atoms with Gasteiger partial charge in [0.15, 0.2) is 0 Å². The fourth-order valence-corrected chi connectivity index (χ4v) is 3.01. The topological polar surface area (TPSA) is 37.3 Å². The number of hydrogen-bond acceptors (Lipinski definition) is 1. The van der Waals surface area contributed by atoms with Crippen LogP contribution >= 0.6 is 0 Å². The first-order valence-electron chi connectivity index (χ1n) is 10.4. The zero-order chi connectivity index (χ0) is 25.7. The lowest BCUT2D eigenvalue weighted by atomic mass is 9.94. The minimum Gasteiger partial charge on any atom is -0.481 e. The van der Waals surface area contributed by atoms with Gasteiger partial charge in [0.25, 0.3) is 0 Å². The summed E-state index contributed by atoms with van der Waals surface area (Å²) in [7, 11) is 0. The second kappa shape index (κ2) is 10.8. The Bertz CT molecular complexity index is 1020. The molecule has 8 heteroatoms. The molecule has 182 valence electrons. The highest BCUT2D eigenvalue weighted by Crippen LogP contribution is 2.34. The van der Waals surface area contributed by atoms with Crippen molar-refractivity contribution in [3.63, 3.8) is 0 Å². The van der Waals surface area contributed by atoms with Gasteiger partial charge in [0.1, 0.15) is 0 Å². The van der Waals surface area contributed by atoms with Crippen LogP contribution in [0.3, 0.4) is 0 Å². The third-order valence-corrected chi connectivity index (χ3v) is 4.44. The Hall–Kier alpha value is -3.29. The van der Waals surface area contributed by atoms with Gasteiger partial charge in [0.05, 0.1) is 17.5 Å². The number of carboxylic acids is 1. The van der Waals surface area contributed by atoms with Crippen LogP contribution in [0, 0.1) is 5.92 Å². The van der Waals surface area contributed by atoms with E-state index in [2.05, 4.69) is 20.8 Å². The second-order valence-corrected chi connectivity index (χ2v) is 8.37. The highest BCUT2D eigenvalue weighted by atomic mass is 19.4. The van der Waals surface area contributed by atoms with Crippen molar-refractivity contribution in [2.45, 2.75) is 39.5 Å². The smallest absolute Gasteiger partial charge is 0.416 e. The number of hydrogen-bond donors (Lipinski definition) is 1. The van der Waals surface area contributed by atoms with Crippen LogP contribution in [0.5, 0.6) is 0 Å². The molecule has 34 heavy (non-hydrogen) atoms. The molecule has 1 N–H and O–H groups in total. The fraction of sp³-hybridized carbons (Fsp3) is 0.269. The zero-order valence-corrected chi connectivity index (χ0v) is 18.8. The molecule has 0 radical (unpaired) electrons. The molecule has 3 rings (SSSR count). The summed E-state index contributed by atoms with van der Waals surface area (Å²) in [5.41, 5.74) is 0.475. The molecule has 0 spiro atoms. The molecule has 0 saturated heterocycles. The minimum absolute atomic E-state index is 0.345. The van der Waals surface area contributed by atoms with E-state index in [-0.39, 0.29) is 6.42 Å². The van der Waals surface area contributed by atoms with Crippen LogP contribution < -0.4 is 0 Å². The number of alkyl halides is 6. The fourth-order valence-electron chi connectivity index (χ4n) is 3.01. The lowest BCUT2D eigenvalue weighted by molar-refractivity contribution is -0.138. The standard InChI is InChI=1S/C22H14F6O2.C4H10/c23-21(24,25)18-5-1-14(2-6-18)16-9-13(11-20(29)30)10-17(12-16)15-3-7-19(8-4-15)22(26,27)28;1-4(2)3/h1-10,12H,11H2,(H,29,30);4H,1-3H3. The van der Waals surface area contributed by atoms with E-state index < -0.39 is 29.4 Å². The molecule has 0 heterocycles. The van der Waals surface area contributed by atoms with Crippen LogP contribution in [0.15, 0.2) is 66.7 Å². The van der Waals surface area contributed by atoms with E-state index in [0.717, 1.165) is 30.2 Å². The Labute approximate surface area is 193 Å². The van der Waals surface area contributed by atoms with Crippen molar-refractivity contribution in [2.75, 3.05) is 0 Å². The van der Waals surface area contributed by atoms with Crippen molar-refractivity contribution in [3.05, 3.63) is 83.4 Å². The molecular weight excluding hydrogens is 458 g/mol. The number of carbonyl (C=O) groups is 1. The molecule has 0 aliphatic heterocycles. The van der Waals surface area contributed by atoms with Gasteiger partial charge in [-0.2, -0.15) is 26.3 Å². The van der Waals surface area contributed by atoms with Gasteiger partial charge in [0.2, 0.25) is 0 Å². The van der Waals surface area contributed by atoms with Crippen LogP contribution in [0.4, 0.5) is 26.3 Å². The van der Waals surface area contributed by atoms with Gasteiger partial charge in [-0.15, -0.1) is 0 Å². The maximum absolute atomic E-state index is 12.8. The van der Waals surface area contributed by atoms with Gasteiger partial charge >= 0.3 is 18.3 Å². The average molecular weight is 482 g/mol. The van der Waals surface area contributed by atoms with Crippen molar-refractivity contribution in [3.8, 4) is 22.3 Å². The third-order valence-electron chi connectivity index (χ3n) is 4.44. The Kier molecular flexibility index (Phi) is 8.53. The number of halogens is 6. The highest BCUT2D eigenvalue weighted by Gasteiger charge is 2.30. The van der Waals surface area contributed by atoms with E-state index in [4.69, 9.17) is 5.11 Å². The maximum Gasteiger partial charge on any atom is 0.416 e. The Balaban J connectivity index is 0.000000945. The maximum atomic E-state index is 12.8. The molecule has 2 nitrogen and oxygen atoms in total. The van der Waals surface area contributed by atoms with Gasteiger partial charge < -0.3 is 5.11 Å². The first-order valence-corrected chi connectivity index (χ1v) is 10.4. The third kappa shape index (κ3) is 7.93. The van der Waals surface area contributed by atoms with Crippen molar-refractivity contribution in [1.29, 1.82) is 0 Å². The molecule has 0 amide bonds. The normalized spacial score (nSPS) is 11.7. The number of benzene rings is 3. The largest absolute Gasteiger partial charge is 0.481 e. The lowest BCUT2D eigenvalue weighted by Crippen LogP contribution is -2.04. The van der Waals surface area contributed by atoms with Crippen LogP contribution in [0.2, 0.25) is 0 Å². The summed E-state index contributed by atoms with van der Waals surface area (Å²) in [5.74, 6) is -0.280. The number of rotatable bonds is 4. The van der Waals surface area contributed by atoms with Gasteiger partial charge in [-0.3, -0.25) is 4.79 Å².